The maximum atomic E-state index is 4.42. The average molecular weight is 446 g/mol. The summed E-state index contributed by atoms with van der Waals surface area (Å²) in [5.41, 5.74) is 3.19. The minimum absolute atomic E-state index is 0.358. The van der Waals surface area contributed by atoms with E-state index in [1.165, 1.54) is 5.56 Å². The highest BCUT2D eigenvalue weighted by Gasteiger charge is 2.23. The van der Waals surface area contributed by atoms with Gasteiger partial charge in [-0.3, -0.25) is 14.9 Å². The van der Waals surface area contributed by atoms with Crippen LogP contribution in [0, 0.1) is 3.70 Å². The van der Waals surface area contributed by atoms with Gasteiger partial charge >= 0.3 is 0 Å². The van der Waals surface area contributed by atoms with E-state index in [2.05, 4.69) is 83.7 Å². The predicted octanol–water partition coefficient (Wildman–Crippen LogP) is 2.91. The quantitative estimate of drug-likeness (QED) is 0.577. The van der Waals surface area contributed by atoms with Crippen molar-refractivity contribution in [1.82, 2.24) is 25.1 Å². The fourth-order valence-corrected chi connectivity index (χ4v) is 3.55. The average Bonchev–Trinajstić information content (AvgIpc) is 2.68. The molecule has 7 heteroatoms. The molecule has 1 aliphatic heterocycles. The topological polar surface area (TPSA) is 58.0 Å². The molecule has 1 saturated heterocycles. The van der Waals surface area contributed by atoms with Crippen LogP contribution >= 0.6 is 22.6 Å². The van der Waals surface area contributed by atoms with Crippen LogP contribution in [-0.4, -0.2) is 51.2 Å². The Morgan fingerprint density at radius 2 is 1.68 bits per heavy atom. The third-order valence-electron chi connectivity index (χ3n) is 4.78. The number of piperazine rings is 1. The second-order valence-electron chi connectivity index (χ2n) is 6.22. The minimum Gasteiger partial charge on any atom is -0.353 e. The summed E-state index contributed by atoms with van der Waals surface area (Å²) in [6.07, 6.45) is 3.48. The number of nitrogens with zero attached hydrogens (tertiary/aromatic N) is 6. The van der Waals surface area contributed by atoms with Crippen LogP contribution in [0.5, 0.6) is 0 Å². The smallest absolute Gasteiger partial charge is 0.151 e. The summed E-state index contributed by atoms with van der Waals surface area (Å²) >= 11 is 2.18. The molecular weight excluding hydrogens is 427 g/mol. The minimum atomic E-state index is 0.358. The first-order valence-corrected chi connectivity index (χ1v) is 9.47. The van der Waals surface area contributed by atoms with Crippen molar-refractivity contribution in [3.8, 4) is 0 Å². The molecule has 1 fully saturated rings. The predicted molar refractivity (Wildman–Crippen MR) is 106 cm³/mol. The molecule has 0 spiro atoms. The largest absolute Gasteiger partial charge is 0.353 e. The van der Waals surface area contributed by atoms with Crippen LogP contribution < -0.4 is 4.90 Å². The number of fused-ring (bicyclic) bond motifs is 1. The number of benzene rings is 1. The van der Waals surface area contributed by atoms with Gasteiger partial charge in [-0.1, -0.05) is 6.07 Å². The fourth-order valence-electron chi connectivity index (χ4n) is 3.27. The Kier molecular flexibility index (Phi) is 4.76. The molecule has 1 unspecified atom stereocenters. The van der Waals surface area contributed by atoms with Crippen LogP contribution in [0.15, 0.2) is 42.7 Å². The first-order chi connectivity index (χ1) is 12.2. The summed E-state index contributed by atoms with van der Waals surface area (Å²) in [5, 5.41) is 8.45. The molecule has 128 valence electrons. The maximum absolute atomic E-state index is 4.42. The maximum Gasteiger partial charge on any atom is 0.151 e. The number of halogens is 1. The van der Waals surface area contributed by atoms with Crippen molar-refractivity contribution in [3.63, 3.8) is 0 Å². The summed E-state index contributed by atoms with van der Waals surface area (Å²) in [7, 11) is 0. The lowest BCUT2D eigenvalue weighted by molar-refractivity contribution is 0.198. The van der Waals surface area contributed by atoms with E-state index in [1.807, 2.05) is 6.07 Å². The first-order valence-electron chi connectivity index (χ1n) is 8.39. The molecule has 4 rings (SSSR count). The highest BCUT2D eigenvalue weighted by atomic mass is 127. The molecule has 1 aliphatic rings. The summed E-state index contributed by atoms with van der Waals surface area (Å²) in [5.74, 6) is 0.966. The standard InChI is InChI=1S/C18H19IN6/c1-13(14-2-3-15-16(12-14)21-7-6-20-15)24-8-10-25(11-9-24)18-5-4-17(19)22-23-18/h2-7,12-13H,8-11H2,1H3. The summed E-state index contributed by atoms with van der Waals surface area (Å²) < 4.78 is 0.924. The number of rotatable bonds is 3. The van der Waals surface area contributed by atoms with Gasteiger partial charge in [-0.2, -0.15) is 0 Å². The highest BCUT2D eigenvalue weighted by molar-refractivity contribution is 14.1. The molecule has 3 aromatic rings. The molecule has 6 nitrogen and oxygen atoms in total. The SMILES string of the molecule is CC(c1ccc2nccnc2c1)N1CCN(c2ccc(I)nn2)CC1. The van der Waals surface area contributed by atoms with Crippen LogP contribution in [-0.2, 0) is 0 Å². The number of aromatic nitrogens is 4. The van der Waals surface area contributed by atoms with Gasteiger partial charge in [0, 0.05) is 44.6 Å². The molecule has 0 radical (unpaired) electrons. The van der Waals surface area contributed by atoms with E-state index < -0.39 is 0 Å². The third kappa shape index (κ3) is 3.57. The van der Waals surface area contributed by atoms with Crippen molar-refractivity contribution in [2.45, 2.75) is 13.0 Å². The lowest BCUT2D eigenvalue weighted by Gasteiger charge is -2.38. The van der Waals surface area contributed by atoms with Crippen molar-refractivity contribution in [2.24, 2.45) is 0 Å². The van der Waals surface area contributed by atoms with Crippen molar-refractivity contribution < 1.29 is 0 Å². The molecule has 0 N–H and O–H groups in total. The van der Waals surface area contributed by atoms with E-state index in [1.54, 1.807) is 12.4 Å². The number of hydrogen-bond acceptors (Lipinski definition) is 6. The Morgan fingerprint density at radius 1 is 0.920 bits per heavy atom. The molecule has 1 atom stereocenters. The Balaban J connectivity index is 1.45. The first kappa shape index (κ1) is 16.6. The van der Waals surface area contributed by atoms with Crippen LogP contribution in [0.2, 0.25) is 0 Å². The van der Waals surface area contributed by atoms with E-state index in [-0.39, 0.29) is 0 Å². The second-order valence-corrected chi connectivity index (χ2v) is 7.32. The number of hydrogen-bond donors (Lipinski definition) is 0. The molecular formula is C18H19IN6. The van der Waals surface area contributed by atoms with Gasteiger partial charge in [-0.15, -0.1) is 10.2 Å². The summed E-state index contributed by atoms with van der Waals surface area (Å²) in [6.45, 7) is 6.21. The Labute approximate surface area is 160 Å². The Morgan fingerprint density at radius 3 is 2.40 bits per heavy atom. The van der Waals surface area contributed by atoms with Gasteiger partial charge in [0.2, 0.25) is 0 Å². The molecule has 0 amide bonds. The van der Waals surface area contributed by atoms with E-state index in [4.69, 9.17) is 0 Å². The van der Waals surface area contributed by atoms with Crippen molar-refractivity contribution >= 4 is 39.4 Å². The van der Waals surface area contributed by atoms with Gasteiger partial charge in [0.05, 0.1) is 11.0 Å². The molecule has 0 aliphatic carbocycles. The molecule has 3 heterocycles. The lowest BCUT2D eigenvalue weighted by Crippen LogP contribution is -2.47. The van der Waals surface area contributed by atoms with E-state index in [0.29, 0.717) is 6.04 Å². The zero-order valence-corrected chi connectivity index (χ0v) is 16.2. The molecule has 2 aromatic heterocycles. The van der Waals surface area contributed by atoms with E-state index in [0.717, 1.165) is 46.7 Å². The Hall–Kier alpha value is -1.87. The summed E-state index contributed by atoms with van der Waals surface area (Å²) in [4.78, 5) is 13.6. The zero-order chi connectivity index (χ0) is 17.2. The van der Waals surface area contributed by atoms with Crippen molar-refractivity contribution in [1.29, 1.82) is 0 Å². The van der Waals surface area contributed by atoms with Gasteiger partial charge in [0.15, 0.2) is 5.82 Å². The van der Waals surface area contributed by atoms with Crippen LogP contribution in [0.3, 0.4) is 0 Å². The second kappa shape index (κ2) is 7.17. The Bertz CT molecular complexity index is 861. The normalized spacial score (nSPS) is 17.0. The zero-order valence-electron chi connectivity index (χ0n) is 14.0. The monoisotopic (exact) mass is 446 g/mol. The summed E-state index contributed by atoms with van der Waals surface area (Å²) in [6, 6.07) is 10.8. The molecule has 0 saturated carbocycles. The van der Waals surface area contributed by atoms with Gasteiger partial charge in [-0.25, -0.2) is 0 Å². The fraction of sp³-hybridized carbons (Fsp3) is 0.333. The van der Waals surface area contributed by atoms with Gasteiger partial charge in [-0.05, 0) is 59.3 Å². The highest BCUT2D eigenvalue weighted by Crippen LogP contribution is 2.25. The van der Waals surface area contributed by atoms with Crippen molar-refractivity contribution in [3.05, 3.63) is 52.0 Å². The van der Waals surface area contributed by atoms with Crippen molar-refractivity contribution in [2.75, 3.05) is 31.1 Å². The molecule has 1 aromatic carbocycles. The lowest BCUT2D eigenvalue weighted by atomic mass is 10.0. The van der Waals surface area contributed by atoms with Crippen LogP contribution in [0.25, 0.3) is 11.0 Å². The molecule has 25 heavy (non-hydrogen) atoms. The van der Waals surface area contributed by atoms with Crippen LogP contribution in [0.4, 0.5) is 5.82 Å². The van der Waals surface area contributed by atoms with Gasteiger partial charge < -0.3 is 4.90 Å². The van der Waals surface area contributed by atoms with E-state index >= 15 is 0 Å². The van der Waals surface area contributed by atoms with Gasteiger partial charge in [0.1, 0.15) is 3.70 Å². The van der Waals surface area contributed by atoms with Crippen LogP contribution in [0.1, 0.15) is 18.5 Å². The van der Waals surface area contributed by atoms with Gasteiger partial charge in [0.25, 0.3) is 0 Å². The van der Waals surface area contributed by atoms with E-state index in [9.17, 15) is 0 Å². The third-order valence-corrected chi connectivity index (χ3v) is 5.36. The molecule has 0 bridgehead atoms. The number of anilines is 1.